The minimum Gasteiger partial charge on any atom is -0.357 e. The first-order valence-electron chi connectivity index (χ1n) is 5.69. The van der Waals surface area contributed by atoms with Crippen molar-refractivity contribution in [3.63, 3.8) is 0 Å². The van der Waals surface area contributed by atoms with Crippen molar-refractivity contribution in [2.45, 2.75) is 13.1 Å². The van der Waals surface area contributed by atoms with E-state index >= 15 is 0 Å². The van der Waals surface area contributed by atoms with Gasteiger partial charge in [0, 0.05) is 13.6 Å². The van der Waals surface area contributed by atoms with Crippen molar-refractivity contribution < 1.29 is 13.2 Å². The van der Waals surface area contributed by atoms with E-state index in [-0.39, 0.29) is 6.54 Å². The van der Waals surface area contributed by atoms with Crippen LogP contribution in [0.3, 0.4) is 0 Å². The normalized spacial score (nSPS) is 11.8. The predicted octanol–water partition coefficient (Wildman–Crippen LogP) is 3.12. The first kappa shape index (κ1) is 13.9. The van der Waals surface area contributed by atoms with E-state index in [4.69, 9.17) is 0 Å². The Hall–Kier alpha value is -1.57. The summed E-state index contributed by atoms with van der Waals surface area (Å²) in [5, 5.41) is 5.21. The monoisotopic (exact) mass is 290 g/mol. The first-order valence-corrected chi connectivity index (χ1v) is 6.57. The van der Waals surface area contributed by atoms with Crippen LogP contribution in [0.2, 0.25) is 0 Å². The molecule has 0 bridgehead atoms. The molecule has 104 valence electrons. The van der Waals surface area contributed by atoms with E-state index < -0.39 is 12.7 Å². The number of anilines is 2. The highest BCUT2D eigenvalue weighted by molar-refractivity contribution is 7.16. The van der Waals surface area contributed by atoms with E-state index in [1.54, 1.807) is 25.4 Å². The summed E-state index contributed by atoms with van der Waals surface area (Å²) in [6, 6.07) is 1.74. The minimum atomic E-state index is -4.26. The molecule has 0 aliphatic rings. The zero-order valence-electron chi connectivity index (χ0n) is 10.5. The van der Waals surface area contributed by atoms with E-state index in [0.29, 0.717) is 22.0 Å². The zero-order valence-corrected chi connectivity index (χ0v) is 11.3. The number of hydrogen-bond acceptors (Lipinski definition) is 5. The summed E-state index contributed by atoms with van der Waals surface area (Å²) in [6.45, 7) is 0.879. The fourth-order valence-electron chi connectivity index (χ4n) is 1.75. The molecule has 19 heavy (non-hydrogen) atoms. The van der Waals surface area contributed by atoms with Crippen LogP contribution in [0.1, 0.15) is 6.92 Å². The van der Waals surface area contributed by atoms with Gasteiger partial charge in [-0.3, -0.25) is 0 Å². The van der Waals surface area contributed by atoms with Gasteiger partial charge in [-0.1, -0.05) is 0 Å². The Morgan fingerprint density at radius 3 is 2.68 bits per heavy atom. The summed E-state index contributed by atoms with van der Waals surface area (Å²) in [5.74, 6) is 0.640. The van der Waals surface area contributed by atoms with Crippen molar-refractivity contribution in [3.8, 4) is 0 Å². The number of nitrogens with zero attached hydrogens (tertiary/aromatic N) is 3. The van der Waals surface area contributed by atoms with Crippen LogP contribution in [0.25, 0.3) is 10.2 Å². The largest absolute Gasteiger partial charge is 0.405 e. The van der Waals surface area contributed by atoms with Crippen molar-refractivity contribution >= 4 is 33.3 Å². The molecule has 0 saturated heterocycles. The molecule has 0 radical (unpaired) electrons. The fraction of sp³-hybridized carbons (Fsp3) is 0.455. The van der Waals surface area contributed by atoms with Gasteiger partial charge in [0.2, 0.25) is 5.95 Å². The number of fused-ring (bicyclic) bond motifs is 1. The Morgan fingerprint density at radius 2 is 2.11 bits per heavy atom. The zero-order chi connectivity index (χ0) is 14.0. The molecule has 2 heterocycles. The lowest BCUT2D eigenvalue weighted by Crippen LogP contribution is -2.34. The molecule has 0 atom stereocenters. The third-order valence-electron chi connectivity index (χ3n) is 2.58. The Kier molecular flexibility index (Phi) is 3.79. The number of halogens is 3. The average Bonchev–Trinajstić information content (AvgIpc) is 2.81. The molecule has 2 aromatic heterocycles. The molecule has 0 saturated carbocycles. The van der Waals surface area contributed by atoms with E-state index in [2.05, 4.69) is 15.3 Å². The van der Waals surface area contributed by atoms with Gasteiger partial charge in [0.25, 0.3) is 0 Å². The summed E-state index contributed by atoms with van der Waals surface area (Å²) >= 11 is 1.38. The van der Waals surface area contributed by atoms with Gasteiger partial charge in [0.05, 0.1) is 5.39 Å². The molecule has 8 heteroatoms. The highest BCUT2D eigenvalue weighted by Gasteiger charge is 2.31. The molecule has 0 fully saturated rings. The van der Waals surface area contributed by atoms with Crippen LogP contribution >= 0.6 is 11.3 Å². The van der Waals surface area contributed by atoms with Crippen molar-refractivity contribution in [1.29, 1.82) is 0 Å². The van der Waals surface area contributed by atoms with Crippen molar-refractivity contribution in [2.75, 3.05) is 30.4 Å². The van der Waals surface area contributed by atoms with E-state index in [0.717, 1.165) is 0 Å². The fourth-order valence-corrected chi connectivity index (χ4v) is 2.50. The standard InChI is InChI=1S/C11H13F3N4S/c1-3-18(6-11(12,13)14)8-7-4-5-19-9(7)17-10(15-2)16-8/h4-5H,3,6H2,1-2H3,(H,15,16,17). The lowest BCUT2D eigenvalue weighted by molar-refractivity contribution is -0.119. The second-order valence-corrected chi connectivity index (χ2v) is 4.78. The van der Waals surface area contributed by atoms with Crippen LogP contribution < -0.4 is 10.2 Å². The molecule has 0 amide bonds. The van der Waals surface area contributed by atoms with Crippen molar-refractivity contribution in [2.24, 2.45) is 0 Å². The minimum absolute atomic E-state index is 0.227. The molecule has 0 aliphatic heterocycles. The summed E-state index contributed by atoms with van der Waals surface area (Å²) in [5.41, 5.74) is 0. The van der Waals surface area contributed by atoms with Crippen LogP contribution in [-0.2, 0) is 0 Å². The van der Waals surface area contributed by atoms with Gasteiger partial charge in [-0.05, 0) is 18.4 Å². The Morgan fingerprint density at radius 1 is 1.37 bits per heavy atom. The quantitative estimate of drug-likeness (QED) is 0.939. The van der Waals surface area contributed by atoms with Gasteiger partial charge in [-0.2, -0.15) is 18.2 Å². The molecule has 2 aromatic rings. The first-order chi connectivity index (χ1) is 8.94. The van der Waals surface area contributed by atoms with Crippen LogP contribution in [0.4, 0.5) is 24.9 Å². The van der Waals surface area contributed by atoms with E-state index in [1.807, 2.05) is 0 Å². The molecular formula is C11H13F3N4S. The Labute approximate surface area is 112 Å². The highest BCUT2D eigenvalue weighted by atomic mass is 32.1. The predicted molar refractivity (Wildman–Crippen MR) is 70.9 cm³/mol. The van der Waals surface area contributed by atoms with Gasteiger partial charge in [0.1, 0.15) is 17.2 Å². The third-order valence-corrected chi connectivity index (χ3v) is 3.39. The van der Waals surface area contributed by atoms with Crippen LogP contribution in [-0.4, -0.2) is 36.3 Å². The van der Waals surface area contributed by atoms with Crippen LogP contribution in [0, 0.1) is 0 Å². The van der Waals surface area contributed by atoms with E-state index in [9.17, 15) is 13.2 Å². The maximum atomic E-state index is 12.6. The van der Waals surface area contributed by atoms with Gasteiger partial charge < -0.3 is 10.2 Å². The third kappa shape index (κ3) is 3.06. The summed E-state index contributed by atoms with van der Waals surface area (Å²) in [6.07, 6.45) is -4.26. The summed E-state index contributed by atoms with van der Waals surface area (Å²) < 4.78 is 37.8. The lowest BCUT2D eigenvalue weighted by Gasteiger charge is -2.24. The molecule has 4 nitrogen and oxygen atoms in total. The number of hydrogen-bond donors (Lipinski definition) is 1. The molecule has 0 aliphatic carbocycles. The Balaban J connectivity index is 2.48. The Bertz CT molecular complexity index is 567. The van der Waals surface area contributed by atoms with Gasteiger partial charge in [0.15, 0.2) is 0 Å². The molecule has 0 aromatic carbocycles. The van der Waals surface area contributed by atoms with Crippen molar-refractivity contribution in [3.05, 3.63) is 11.4 Å². The van der Waals surface area contributed by atoms with Crippen molar-refractivity contribution in [1.82, 2.24) is 9.97 Å². The highest BCUT2D eigenvalue weighted by Crippen LogP contribution is 2.30. The summed E-state index contributed by atoms with van der Waals surface area (Å²) in [7, 11) is 1.64. The number of thiophene rings is 1. The average molecular weight is 290 g/mol. The number of nitrogens with one attached hydrogen (secondary N) is 1. The van der Waals surface area contributed by atoms with Crippen LogP contribution in [0.5, 0.6) is 0 Å². The van der Waals surface area contributed by atoms with Gasteiger partial charge in [-0.15, -0.1) is 11.3 Å². The maximum absolute atomic E-state index is 12.6. The molecule has 1 N–H and O–H groups in total. The van der Waals surface area contributed by atoms with Gasteiger partial charge in [-0.25, -0.2) is 4.98 Å². The lowest BCUT2D eigenvalue weighted by atomic mass is 10.3. The number of aromatic nitrogens is 2. The topological polar surface area (TPSA) is 41.1 Å². The maximum Gasteiger partial charge on any atom is 0.405 e. The SMILES string of the molecule is CCN(CC(F)(F)F)c1nc(NC)nc2sccc12. The molecule has 0 spiro atoms. The van der Waals surface area contributed by atoms with Crippen LogP contribution in [0.15, 0.2) is 11.4 Å². The second-order valence-electron chi connectivity index (χ2n) is 3.89. The summed E-state index contributed by atoms with van der Waals surface area (Å²) in [4.78, 5) is 10.3. The molecule has 0 unspecified atom stereocenters. The van der Waals surface area contributed by atoms with E-state index in [1.165, 1.54) is 16.2 Å². The number of alkyl halides is 3. The molecular weight excluding hydrogens is 277 g/mol. The molecule has 2 rings (SSSR count). The smallest absolute Gasteiger partial charge is 0.357 e. The number of rotatable bonds is 4. The van der Waals surface area contributed by atoms with Gasteiger partial charge >= 0.3 is 6.18 Å². The second kappa shape index (κ2) is 5.20.